The molecule has 21 heavy (non-hydrogen) atoms. The molecule has 0 saturated carbocycles. The van der Waals surface area contributed by atoms with E-state index in [0.717, 1.165) is 18.8 Å². The van der Waals surface area contributed by atoms with Crippen molar-refractivity contribution in [2.24, 2.45) is 0 Å². The summed E-state index contributed by atoms with van der Waals surface area (Å²) in [5.74, 6) is 8.39. The van der Waals surface area contributed by atoms with Gasteiger partial charge < -0.3 is 10.3 Å². The topological polar surface area (TPSA) is 113 Å². The lowest BCUT2D eigenvalue weighted by Crippen LogP contribution is -2.11. The molecule has 0 aromatic carbocycles. The van der Waals surface area contributed by atoms with Gasteiger partial charge in [-0.2, -0.15) is 0 Å². The number of aryl methyl sites for hydroxylation is 1. The first-order chi connectivity index (χ1) is 10.3. The van der Waals surface area contributed by atoms with Gasteiger partial charge in [0.15, 0.2) is 11.6 Å². The molecule has 0 bridgehead atoms. The second-order valence-electron chi connectivity index (χ2n) is 4.26. The highest BCUT2D eigenvalue weighted by molar-refractivity contribution is 7.98. The number of hydrogen-bond donors (Lipinski definition) is 1. The fourth-order valence-corrected chi connectivity index (χ4v) is 2.58. The van der Waals surface area contributed by atoms with Crippen LogP contribution in [0.15, 0.2) is 28.0 Å². The van der Waals surface area contributed by atoms with Crippen molar-refractivity contribution in [3.05, 3.63) is 24.2 Å². The second-order valence-corrected chi connectivity index (χ2v) is 5.20. The molecule has 2 N–H and O–H groups in total. The molecule has 3 rings (SSSR count). The molecule has 0 fully saturated rings. The Labute approximate surface area is 124 Å². The second kappa shape index (κ2) is 5.95. The van der Waals surface area contributed by atoms with Crippen molar-refractivity contribution in [2.45, 2.75) is 30.8 Å². The zero-order valence-electron chi connectivity index (χ0n) is 11.4. The molecule has 0 aliphatic heterocycles. The molecule has 0 aliphatic rings. The van der Waals surface area contributed by atoms with E-state index in [4.69, 9.17) is 10.3 Å². The number of aromatic nitrogens is 7. The minimum atomic E-state index is 0.482. The van der Waals surface area contributed by atoms with Crippen molar-refractivity contribution in [1.29, 1.82) is 0 Å². The van der Waals surface area contributed by atoms with Gasteiger partial charge in [-0.25, -0.2) is 9.36 Å². The highest BCUT2D eigenvalue weighted by atomic mass is 32.2. The number of thioether (sulfide) groups is 1. The third-order valence-electron chi connectivity index (χ3n) is 2.78. The summed E-state index contributed by atoms with van der Waals surface area (Å²) in [5, 5.41) is 20.3. The predicted octanol–water partition coefficient (Wildman–Crippen LogP) is 0.941. The maximum absolute atomic E-state index is 5.98. The van der Waals surface area contributed by atoms with Crippen LogP contribution in [-0.2, 0) is 12.3 Å². The van der Waals surface area contributed by atoms with Crippen molar-refractivity contribution in [3.63, 3.8) is 0 Å². The first-order valence-electron chi connectivity index (χ1n) is 6.41. The molecule has 110 valence electrons. The zero-order chi connectivity index (χ0) is 14.7. The van der Waals surface area contributed by atoms with Crippen LogP contribution in [0.25, 0.3) is 11.6 Å². The van der Waals surface area contributed by atoms with Crippen LogP contribution in [0.4, 0.5) is 0 Å². The summed E-state index contributed by atoms with van der Waals surface area (Å²) in [7, 11) is 0. The standard InChI is InChI=1S/C11H14N8OS/c1-2-5-18-9(13-16-17-18)7-21-11-15-14-10(19(11)12)8-4-3-6-20-8/h3-4,6H,2,5,7,12H2,1H3. The largest absolute Gasteiger partial charge is 0.461 e. The van der Waals surface area contributed by atoms with Crippen molar-refractivity contribution in [2.75, 3.05) is 5.84 Å². The molecule has 0 unspecified atom stereocenters. The highest BCUT2D eigenvalue weighted by Gasteiger charge is 2.15. The summed E-state index contributed by atoms with van der Waals surface area (Å²) in [6, 6.07) is 3.55. The lowest BCUT2D eigenvalue weighted by Gasteiger charge is -2.03. The van der Waals surface area contributed by atoms with Crippen LogP contribution in [0, 0.1) is 0 Å². The Morgan fingerprint density at radius 1 is 1.33 bits per heavy atom. The van der Waals surface area contributed by atoms with Crippen LogP contribution in [-0.4, -0.2) is 35.1 Å². The summed E-state index contributed by atoms with van der Waals surface area (Å²) in [5.41, 5.74) is 0. The number of hydrogen-bond acceptors (Lipinski definition) is 8. The van der Waals surface area contributed by atoms with E-state index in [1.807, 2.05) is 0 Å². The molecule has 0 amide bonds. The van der Waals surface area contributed by atoms with E-state index >= 15 is 0 Å². The smallest absolute Gasteiger partial charge is 0.218 e. The Morgan fingerprint density at radius 3 is 3.00 bits per heavy atom. The Kier molecular flexibility index (Phi) is 3.86. The maximum atomic E-state index is 5.98. The number of tetrazole rings is 1. The van der Waals surface area contributed by atoms with Crippen LogP contribution in [0.1, 0.15) is 19.2 Å². The monoisotopic (exact) mass is 306 g/mol. The summed E-state index contributed by atoms with van der Waals surface area (Å²) in [6.45, 7) is 2.86. The van der Waals surface area contributed by atoms with Gasteiger partial charge in [0.05, 0.1) is 12.0 Å². The number of nitrogens with two attached hydrogens (primary N) is 1. The summed E-state index contributed by atoms with van der Waals surface area (Å²) >= 11 is 1.42. The Bertz CT molecular complexity index is 704. The maximum Gasteiger partial charge on any atom is 0.218 e. The number of nitrogen functional groups attached to an aromatic ring is 1. The van der Waals surface area contributed by atoms with E-state index in [1.54, 1.807) is 23.1 Å². The molecule has 0 spiro atoms. The van der Waals surface area contributed by atoms with Crippen molar-refractivity contribution in [3.8, 4) is 11.6 Å². The lowest BCUT2D eigenvalue weighted by atomic mass is 10.4. The minimum Gasteiger partial charge on any atom is -0.461 e. The average Bonchev–Trinajstić information content (AvgIpc) is 3.19. The van der Waals surface area contributed by atoms with Crippen LogP contribution in [0.2, 0.25) is 0 Å². The minimum absolute atomic E-state index is 0.482. The van der Waals surface area contributed by atoms with Crippen molar-refractivity contribution in [1.82, 2.24) is 35.1 Å². The average molecular weight is 306 g/mol. The molecule has 0 atom stereocenters. The first kappa shape index (κ1) is 13.6. The molecule has 3 aromatic heterocycles. The SMILES string of the molecule is CCCn1nnnc1CSc1nnc(-c2ccco2)n1N. The zero-order valence-corrected chi connectivity index (χ0v) is 12.2. The molecular weight excluding hydrogens is 292 g/mol. The van der Waals surface area contributed by atoms with Gasteiger partial charge in [0, 0.05) is 6.54 Å². The van der Waals surface area contributed by atoms with Crippen LogP contribution in [0.3, 0.4) is 0 Å². The van der Waals surface area contributed by atoms with E-state index in [1.165, 1.54) is 16.4 Å². The molecule has 3 aromatic rings. The van der Waals surface area contributed by atoms with E-state index in [0.29, 0.717) is 22.5 Å². The number of nitrogens with zero attached hydrogens (tertiary/aromatic N) is 7. The fraction of sp³-hybridized carbons (Fsp3) is 0.364. The van der Waals surface area contributed by atoms with Gasteiger partial charge in [-0.1, -0.05) is 18.7 Å². The van der Waals surface area contributed by atoms with Gasteiger partial charge >= 0.3 is 0 Å². The van der Waals surface area contributed by atoms with Gasteiger partial charge in [-0.05, 0) is 29.0 Å². The Hall–Kier alpha value is -2.36. The van der Waals surface area contributed by atoms with E-state index < -0.39 is 0 Å². The first-order valence-corrected chi connectivity index (χ1v) is 7.40. The van der Waals surface area contributed by atoms with Gasteiger partial charge in [-0.3, -0.25) is 0 Å². The van der Waals surface area contributed by atoms with E-state index in [2.05, 4.69) is 32.6 Å². The molecular formula is C11H14N8OS. The quantitative estimate of drug-likeness (QED) is 0.528. The van der Waals surface area contributed by atoms with E-state index in [9.17, 15) is 0 Å². The molecule has 3 heterocycles. The summed E-state index contributed by atoms with van der Waals surface area (Å²) < 4.78 is 8.44. The molecule has 0 saturated heterocycles. The molecule has 10 heteroatoms. The lowest BCUT2D eigenvalue weighted by molar-refractivity contribution is 0.564. The van der Waals surface area contributed by atoms with Crippen LogP contribution >= 0.6 is 11.8 Å². The normalized spacial score (nSPS) is 11.1. The third-order valence-corrected chi connectivity index (χ3v) is 3.72. The van der Waals surface area contributed by atoms with Gasteiger partial charge in [-0.15, -0.1) is 15.3 Å². The van der Waals surface area contributed by atoms with E-state index in [-0.39, 0.29) is 0 Å². The summed E-state index contributed by atoms with van der Waals surface area (Å²) in [4.78, 5) is 0. The third kappa shape index (κ3) is 2.75. The fourth-order valence-electron chi connectivity index (χ4n) is 1.79. The Morgan fingerprint density at radius 2 is 2.24 bits per heavy atom. The van der Waals surface area contributed by atoms with Crippen LogP contribution < -0.4 is 5.84 Å². The number of furan rings is 1. The molecule has 0 aliphatic carbocycles. The summed E-state index contributed by atoms with van der Waals surface area (Å²) in [6.07, 6.45) is 2.54. The van der Waals surface area contributed by atoms with Gasteiger partial charge in [0.2, 0.25) is 11.0 Å². The molecule has 0 radical (unpaired) electrons. The molecule has 9 nitrogen and oxygen atoms in total. The number of rotatable bonds is 6. The Balaban J connectivity index is 1.73. The predicted molar refractivity (Wildman–Crippen MR) is 75.5 cm³/mol. The van der Waals surface area contributed by atoms with Crippen LogP contribution in [0.5, 0.6) is 0 Å². The van der Waals surface area contributed by atoms with Crippen molar-refractivity contribution < 1.29 is 4.42 Å². The van der Waals surface area contributed by atoms with Gasteiger partial charge in [0.25, 0.3) is 0 Å². The van der Waals surface area contributed by atoms with Gasteiger partial charge in [0.1, 0.15) is 0 Å². The highest BCUT2D eigenvalue weighted by Crippen LogP contribution is 2.23. The van der Waals surface area contributed by atoms with Crippen molar-refractivity contribution >= 4 is 11.8 Å².